The van der Waals surface area contributed by atoms with Gasteiger partial charge in [0.1, 0.15) is 18.3 Å². The largest absolute Gasteiger partial charge is 0.361 e. The van der Waals surface area contributed by atoms with Crippen LogP contribution in [0.4, 0.5) is 8.78 Å². The Morgan fingerprint density at radius 3 is 2.68 bits per heavy atom. The third-order valence-corrected chi connectivity index (χ3v) is 8.60. The number of benzene rings is 2. The van der Waals surface area contributed by atoms with Crippen molar-refractivity contribution in [1.82, 2.24) is 20.1 Å². The van der Waals surface area contributed by atoms with Crippen LogP contribution in [0.3, 0.4) is 0 Å². The lowest BCUT2D eigenvalue weighted by Gasteiger charge is -2.47. The van der Waals surface area contributed by atoms with Gasteiger partial charge in [-0.25, -0.2) is 23.7 Å². The highest BCUT2D eigenvalue weighted by molar-refractivity contribution is 5.93. The first-order valence-corrected chi connectivity index (χ1v) is 13.0. The molecule has 3 heterocycles. The molecule has 0 amide bonds. The molecule has 7 rings (SSSR count). The van der Waals surface area contributed by atoms with Crippen molar-refractivity contribution in [2.75, 3.05) is 0 Å². The number of rotatable bonds is 3. The van der Waals surface area contributed by atoms with E-state index in [0.29, 0.717) is 33.9 Å². The van der Waals surface area contributed by atoms with Crippen molar-refractivity contribution in [3.63, 3.8) is 0 Å². The minimum absolute atomic E-state index is 0.176. The number of aromatic nitrogens is 4. The van der Waals surface area contributed by atoms with Gasteiger partial charge in [0.2, 0.25) is 0 Å². The summed E-state index contributed by atoms with van der Waals surface area (Å²) in [6.07, 6.45) is 4.19. The number of pyridine rings is 1. The van der Waals surface area contributed by atoms with Gasteiger partial charge in [-0.1, -0.05) is 49.3 Å². The second-order valence-corrected chi connectivity index (χ2v) is 10.8. The third kappa shape index (κ3) is 3.34. The monoisotopic (exact) mass is 508 g/mol. The topological polar surface area (TPSA) is 64.7 Å². The molecule has 2 aromatic carbocycles. The maximum atomic E-state index is 15.3. The smallest absolute Gasteiger partial charge is 0.160 e. The van der Waals surface area contributed by atoms with Crippen LogP contribution in [0, 0.1) is 11.7 Å². The molecule has 38 heavy (non-hydrogen) atoms. The molecule has 2 aliphatic carbocycles. The number of alkyl halides is 1. The summed E-state index contributed by atoms with van der Waals surface area (Å²) < 4.78 is 34.8. The normalized spacial score (nSPS) is 22.1. The molecular weight excluding hydrogens is 482 g/mol. The van der Waals surface area contributed by atoms with Crippen LogP contribution in [0.1, 0.15) is 54.5 Å². The molecule has 0 saturated heterocycles. The second-order valence-electron chi connectivity index (χ2n) is 10.8. The lowest BCUT2D eigenvalue weighted by molar-refractivity contribution is 0.172. The molecule has 0 spiro atoms. The molecular formula is C31H26F2N4O. The van der Waals surface area contributed by atoms with Crippen LogP contribution in [0.5, 0.6) is 0 Å². The Morgan fingerprint density at radius 2 is 1.84 bits per heavy atom. The van der Waals surface area contributed by atoms with E-state index in [1.165, 1.54) is 6.07 Å². The highest BCUT2D eigenvalue weighted by Gasteiger charge is 2.50. The first-order chi connectivity index (χ1) is 18.5. The van der Waals surface area contributed by atoms with E-state index in [-0.39, 0.29) is 23.1 Å². The zero-order chi connectivity index (χ0) is 26.0. The summed E-state index contributed by atoms with van der Waals surface area (Å²) >= 11 is 0. The van der Waals surface area contributed by atoms with E-state index < -0.39 is 6.67 Å². The third-order valence-electron chi connectivity index (χ3n) is 8.60. The fraction of sp³-hybridized carbons (Fsp3) is 0.290. The molecule has 0 saturated carbocycles. The number of fused-ring (bicyclic) bond motifs is 5. The Labute approximate surface area is 219 Å². The lowest BCUT2D eigenvalue weighted by Crippen LogP contribution is -2.45. The standard InChI is InChI=1S/C31H26F2N4O/c1-17-24-12-11-22-27(21-8-3-5-9-25(21)33)36-30(23-13-19(15-32)35-26-10-6-4-7-20(23)26)37-29(22)31(24,2)14-18-16-34-38-28(17)18/h3-10,13,16-17,24H,11-12,14-15H2,1-2H3/t17-,24-,31-/m1/s1. The minimum Gasteiger partial charge on any atom is -0.361 e. The quantitative estimate of drug-likeness (QED) is 0.259. The molecule has 5 aromatic rings. The van der Waals surface area contributed by atoms with Crippen LogP contribution in [0.25, 0.3) is 33.5 Å². The van der Waals surface area contributed by atoms with Crippen LogP contribution in [-0.4, -0.2) is 20.1 Å². The van der Waals surface area contributed by atoms with Crippen molar-refractivity contribution in [3.05, 3.63) is 94.9 Å². The molecule has 0 unspecified atom stereocenters. The SMILES string of the molecule is C[C@H]1c2oncc2C[C@@]2(C)c3nc(-c4cc(CF)nc5ccccc45)nc(-c4ccccc4F)c3CC[C@H]12. The van der Waals surface area contributed by atoms with Gasteiger partial charge in [0.25, 0.3) is 0 Å². The van der Waals surface area contributed by atoms with Crippen molar-refractivity contribution in [1.29, 1.82) is 0 Å². The summed E-state index contributed by atoms with van der Waals surface area (Å²) in [5, 5.41) is 4.93. The van der Waals surface area contributed by atoms with Crippen molar-refractivity contribution in [2.45, 2.75) is 51.1 Å². The summed E-state index contributed by atoms with van der Waals surface area (Å²) in [7, 11) is 0. The van der Waals surface area contributed by atoms with Gasteiger partial charge in [0.05, 0.1) is 28.8 Å². The number of nitrogens with zero attached hydrogens (tertiary/aromatic N) is 4. The molecule has 0 fully saturated rings. The average Bonchev–Trinajstić information content (AvgIpc) is 3.40. The Bertz CT molecular complexity index is 1710. The number of hydrogen-bond donors (Lipinski definition) is 0. The maximum absolute atomic E-state index is 15.3. The maximum Gasteiger partial charge on any atom is 0.160 e. The van der Waals surface area contributed by atoms with E-state index in [4.69, 9.17) is 14.5 Å². The number of hydrogen-bond acceptors (Lipinski definition) is 5. The van der Waals surface area contributed by atoms with E-state index in [0.717, 1.165) is 47.2 Å². The Hall–Kier alpha value is -4.00. The van der Waals surface area contributed by atoms with E-state index in [1.54, 1.807) is 18.2 Å². The summed E-state index contributed by atoms with van der Waals surface area (Å²) in [4.78, 5) is 14.7. The van der Waals surface area contributed by atoms with Crippen molar-refractivity contribution in [3.8, 4) is 22.6 Å². The Morgan fingerprint density at radius 1 is 1.03 bits per heavy atom. The van der Waals surface area contributed by atoms with E-state index >= 15 is 4.39 Å². The molecule has 0 bridgehead atoms. The molecule has 190 valence electrons. The van der Waals surface area contributed by atoms with Crippen molar-refractivity contribution in [2.24, 2.45) is 5.92 Å². The van der Waals surface area contributed by atoms with Gasteiger partial charge < -0.3 is 4.52 Å². The zero-order valence-corrected chi connectivity index (χ0v) is 21.2. The molecule has 3 atom stereocenters. The van der Waals surface area contributed by atoms with Crippen molar-refractivity contribution < 1.29 is 13.3 Å². The molecule has 0 N–H and O–H groups in total. The summed E-state index contributed by atoms with van der Waals surface area (Å²) in [5.74, 6) is 1.54. The summed E-state index contributed by atoms with van der Waals surface area (Å²) in [6, 6.07) is 16.1. The summed E-state index contributed by atoms with van der Waals surface area (Å²) in [6.45, 7) is 3.75. The van der Waals surface area contributed by atoms with Gasteiger partial charge in [0.15, 0.2) is 5.82 Å². The van der Waals surface area contributed by atoms with E-state index in [1.807, 2.05) is 36.5 Å². The lowest BCUT2D eigenvalue weighted by atomic mass is 9.56. The van der Waals surface area contributed by atoms with Gasteiger partial charge in [-0.05, 0) is 49.4 Å². The van der Waals surface area contributed by atoms with E-state index in [9.17, 15) is 4.39 Å². The summed E-state index contributed by atoms with van der Waals surface area (Å²) in [5.41, 5.74) is 5.42. The molecule has 7 heteroatoms. The second kappa shape index (κ2) is 8.51. The van der Waals surface area contributed by atoms with Crippen LogP contribution in [0.2, 0.25) is 0 Å². The predicted molar refractivity (Wildman–Crippen MR) is 141 cm³/mol. The van der Waals surface area contributed by atoms with Gasteiger partial charge in [0, 0.05) is 39.0 Å². The fourth-order valence-corrected chi connectivity index (χ4v) is 6.84. The van der Waals surface area contributed by atoms with Gasteiger partial charge in [-0.2, -0.15) is 0 Å². The van der Waals surface area contributed by atoms with Crippen LogP contribution in [0.15, 0.2) is 65.3 Å². The van der Waals surface area contributed by atoms with Gasteiger partial charge >= 0.3 is 0 Å². The predicted octanol–water partition coefficient (Wildman–Crippen LogP) is 7.14. The van der Waals surface area contributed by atoms with Crippen molar-refractivity contribution >= 4 is 10.9 Å². The highest BCUT2D eigenvalue weighted by Crippen LogP contribution is 2.54. The molecule has 5 nitrogen and oxygen atoms in total. The Balaban J connectivity index is 1.54. The minimum atomic E-state index is -0.698. The van der Waals surface area contributed by atoms with Gasteiger partial charge in [-0.3, -0.25) is 0 Å². The van der Waals surface area contributed by atoms with E-state index in [2.05, 4.69) is 24.0 Å². The Kier molecular flexibility index (Phi) is 5.18. The first-order valence-electron chi connectivity index (χ1n) is 13.0. The first kappa shape index (κ1) is 23.1. The van der Waals surface area contributed by atoms with Gasteiger partial charge in [-0.15, -0.1) is 0 Å². The van der Waals surface area contributed by atoms with Crippen LogP contribution >= 0.6 is 0 Å². The molecule has 3 aromatic heterocycles. The van der Waals surface area contributed by atoms with Crippen LogP contribution < -0.4 is 0 Å². The highest BCUT2D eigenvalue weighted by atomic mass is 19.1. The average molecular weight is 509 g/mol. The molecule has 2 aliphatic rings. The number of para-hydroxylation sites is 1. The number of halogens is 2. The zero-order valence-electron chi connectivity index (χ0n) is 21.2. The molecule has 0 radical (unpaired) electrons. The molecule has 0 aliphatic heterocycles. The van der Waals surface area contributed by atoms with Crippen LogP contribution in [-0.2, 0) is 24.9 Å². The fourth-order valence-electron chi connectivity index (χ4n) is 6.84.